The number of rotatable bonds is 3. The Labute approximate surface area is 101 Å². The summed E-state index contributed by atoms with van der Waals surface area (Å²) in [5.41, 5.74) is 1.12. The van der Waals surface area contributed by atoms with E-state index < -0.39 is 0 Å². The van der Waals surface area contributed by atoms with Gasteiger partial charge in [0.05, 0.1) is 5.69 Å². The molecule has 1 N–H and O–H groups in total. The van der Waals surface area contributed by atoms with Crippen LogP contribution in [0.2, 0.25) is 0 Å². The Bertz CT molecular complexity index is 489. The molecule has 0 aliphatic heterocycles. The van der Waals surface area contributed by atoms with Crippen molar-refractivity contribution >= 4 is 0 Å². The lowest BCUT2D eigenvalue weighted by Crippen LogP contribution is -2.35. The summed E-state index contributed by atoms with van der Waals surface area (Å²) in [5.74, 6) is 0.842. The van der Waals surface area contributed by atoms with Crippen molar-refractivity contribution in [2.75, 3.05) is 0 Å². The van der Waals surface area contributed by atoms with E-state index in [0.29, 0.717) is 0 Å². The third-order valence-electron chi connectivity index (χ3n) is 2.38. The van der Waals surface area contributed by atoms with Crippen LogP contribution < -0.4 is 5.32 Å². The van der Waals surface area contributed by atoms with E-state index in [9.17, 15) is 0 Å². The topological polar surface area (TPSA) is 47.7 Å². The number of nitrogens with one attached hydrogen (secondary N) is 1. The van der Waals surface area contributed by atoms with Gasteiger partial charge >= 0.3 is 0 Å². The summed E-state index contributed by atoms with van der Waals surface area (Å²) in [6.45, 7) is 7.19. The Hall–Kier alpha value is -1.62. The molecule has 0 spiro atoms. The highest BCUT2D eigenvalue weighted by atomic mass is 15.4. The van der Waals surface area contributed by atoms with Crippen molar-refractivity contribution in [3.05, 3.63) is 30.2 Å². The molecule has 5 heteroatoms. The quantitative estimate of drug-likeness (QED) is 0.874. The average molecular weight is 233 g/mol. The molecule has 0 bridgehead atoms. The maximum atomic E-state index is 4.48. The van der Waals surface area contributed by atoms with Gasteiger partial charge in [0, 0.05) is 37.6 Å². The minimum Gasteiger partial charge on any atom is -0.306 e. The summed E-state index contributed by atoms with van der Waals surface area (Å²) in [6, 6.07) is 3.95. The maximum absolute atomic E-state index is 4.48. The van der Waals surface area contributed by atoms with E-state index in [1.165, 1.54) is 0 Å². The second-order valence-electron chi connectivity index (χ2n) is 5.20. The first kappa shape index (κ1) is 11.9. The lowest BCUT2D eigenvalue weighted by Gasteiger charge is -2.19. The summed E-state index contributed by atoms with van der Waals surface area (Å²) in [4.78, 5) is 0. The number of nitrogens with zero attached hydrogens (tertiary/aromatic N) is 4. The fourth-order valence-corrected chi connectivity index (χ4v) is 1.46. The van der Waals surface area contributed by atoms with Crippen molar-refractivity contribution in [3.8, 4) is 5.82 Å². The second-order valence-corrected chi connectivity index (χ2v) is 5.20. The molecule has 0 saturated carbocycles. The van der Waals surface area contributed by atoms with Crippen molar-refractivity contribution in [1.82, 2.24) is 24.9 Å². The van der Waals surface area contributed by atoms with Crippen LogP contribution in [0.25, 0.3) is 5.82 Å². The highest BCUT2D eigenvalue weighted by Gasteiger charge is 2.10. The van der Waals surface area contributed by atoms with Crippen molar-refractivity contribution in [3.63, 3.8) is 0 Å². The Morgan fingerprint density at radius 2 is 1.94 bits per heavy atom. The molecule has 2 aromatic rings. The second kappa shape index (κ2) is 4.33. The van der Waals surface area contributed by atoms with Crippen LogP contribution in [-0.4, -0.2) is 25.1 Å². The highest BCUT2D eigenvalue weighted by molar-refractivity contribution is 5.19. The van der Waals surface area contributed by atoms with Gasteiger partial charge in [-0.1, -0.05) is 0 Å². The maximum Gasteiger partial charge on any atom is 0.174 e. The summed E-state index contributed by atoms with van der Waals surface area (Å²) in [7, 11) is 1.90. The summed E-state index contributed by atoms with van der Waals surface area (Å²) < 4.78 is 3.56. The van der Waals surface area contributed by atoms with Gasteiger partial charge in [-0.15, -0.1) is 0 Å². The van der Waals surface area contributed by atoms with E-state index in [2.05, 4.69) is 36.3 Å². The van der Waals surface area contributed by atoms with Crippen LogP contribution >= 0.6 is 0 Å². The standard InChI is InChI=1S/C12H19N5/c1-12(2,3)13-9-10-5-8-17(14-10)11-6-7-16(4)15-11/h5-8,13H,9H2,1-4H3. The molecule has 92 valence electrons. The molecule has 2 rings (SSSR count). The van der Waals surface area contributed by atoms with Crippen LogP contribution in [0.5, 0.6) is 0 Å². The fourth-order valence-electron chi connectivity index (χ4n) is 1.46. The highest BCUT2D eigenvalue weighted by Crippen LogP contribution is 2.06. The van der Waals surface area contributed by atoms with Crippen molar-refractivity contribution in [1.29, 1.82) is 0 Å². The van der Waals surface area contributed by atoms with Crippen LogP contribution in [0, 0.1) is 0 Å². The molecule has 0 aliphatic carbocycles. The lowest BCUT2D eigenvalue weighted by molar-refractivity contribution is 0.420. The zero-order valence-corrected chi connectivity index (χ0v) is 10.8. The number of hydrogen-bond acceptors (Lipinski definition) is 3. The van der Waals surface area contributed by atoms with Crippen LogP contribution in [0.15, 0.2) is 24.5 Å². The Balaban J connectivity index is 2.06. The minimum atomic E-state index is 0.106. The monoisotopic (exact) mass is 233 g/mol. The van der Waals surface area contributed by atoms with Crippen molar-refractivity contribution in [2.24, 2.45) is 7.05 Å². The van der Waals surface area contributed by atoms with Gasteiger partial charge in [-0.2, -0.15) is 10.2 Å². The first-order chi connectivity index (χ1) is 7.94. The molecule has 0 amide bonds. The van der Waals surface area contributed by atoms with Crippen LogP contribution in [-0.2, 0) is 13.6 Å². The molecule has 0 radical (unpaired) electrons. The Kier molecular flexibility index (Phi) is 3.02. The van der Waals surface area contributed by atoms with Gasteiger partial charge in [-0.3, -0.25) is 4.68 Å². The van der Waals surface area contributed by atoms with E-state index in [1.54, 1.807) is 9.36 Å². The van der Waals surface area contributed by atoms with E-state index in [4.69, 9.17) is 0 Å². The molecule has 0 aromatic carbocycles. The zero-order chi connectivity index (χ0) is 12.5. The van der Waals surface area contributed by atoms with Crippen molar-refractivity contribution in [2.45, 2.75) is 32.9 Å². The fraction of sp³-hybridized carbons (Fsp3) is 0.500. The van der Waals surface area contributed by atoms with Crippen molar-refractivity contribution < 1.29 is 0 Å². The van der Waals surface area contributed by atoms with Gasteiger partial charge in [0.2, 0.25) is 0 Å². The molecule has 17 heavy (non-hydrogen) atoms. The molecule has 5 nitrogen and oxygen atoms in total. The van der Waals surface area contributed by atoms with Gasteiger partial charge in [0.15, 0.2) is 5.82 Å². The van der Waals surface area contributed by atoms with Crippen LogP contribution in [0.4, 0.5) is 0 Å². The minimum absolute atomic E-state index is 0.106. The third-order valence-corrected chi connectivity index (χ3v) is 2.38. The average Bonchev–Trinajstić information content (AvgIpc) is 2.81. The number of aromatic nitrogens is 4. The molecule has 0 saturated heterocycles. The predicted molar refractivity (Wildman–Crippen MR) is 66.9 cm³/mol. The summed E-state index contributed by atoms with van der Waals surface area (Å²) in [6.07, 6.45) is 3.84. The third kappa shape index (κ3) is 3.17. The summed E-state index contributed by atoms with van der Waals surface area (Å²) in [5, 5.41) is 12.2. The molecule has 0 unspecified atom stereocenters. The normalized spacial score (nSPS) is 12.0. The molecule has 0 aliphatic rings. The van der Waals surface area contributed by atoms with Gasteiger partial charge in [0.1, 0.15) is 0 Å². The molecule has 2 heterocycles. The Morgan fingerprint density at radius 3 is 2.53 bits per heavy atom. The van der Waals surface area contributed by atoms with E-state index in [0.717, 1.165) is 18.1 Å². The van der Waals surface area contributed by atoms with Gasteiger partial charge in [-0.25, -0.2) is 4.68 Å². The van der Waals surface area contributed by atoms with Gasteiger partial charge < -0.3 is 5.32 Å². The molecular formula is C12H19N5. The molecule has 0 atom stereocenters. The van der Waals surface area contributed by atoms with Crippen LogP contribution in [0.3, 0.4) is 0 Å². The zero-order valence-electron chi connectivity index (χ0n) is 10.8. The molecular weight excluding hydrogens is 214 g/mol. The van der Waals surface area contributed by atoms with Crippen LogP contribution in [0.1, 0.15) is 26.5 Å². The lowest BCUT2D eigenvalue weighted by atomic mass is 10.1. The SMILES string of the molecule is Cn1ccc(-n2ccc(CNC(C)(C)C)n2)n1. The number of aryl methyl sites for hydroxylation is 1. The van der Waals surface area contributed by atoms with E-state index in [-0.39, 0.29) is 5.54 Å². The Morgan fingerprint density at radius 1 is 1.18 bits per heavy atom. The first-order valence-electron chi connectivity index (χ1n) is 5.74. The first-order valence-corrected chi connectivity index (χ1v) is 5.74. The van der Waals surface area contributed by atoms with E-state index in [1.807, 2.05) is 31.6 Å². The predicted octanol–water partition coefficient (Wildman–Crippen LogP) is 1.49. The molecule has 0 fully saturated rings. The molecule has 2 aromatic heterocycles. The summed E-state index contributed by atoms with van der Waals surface area (Å²) >= 11 is 0. The number of hydrogen-bond donors (Lipinski definition) is 1. The van der Waals surface area contributed by atoms with E-state index >= 15 is 0 Å². The van der Waals surface area contributed by atoms with Gasteiger partial charge in [-0.05, 0) is 26.8 Å². The van der Waals surface area contributed by atoms with Gasteiger partial charge in [0.25, 0.3) is 0 Å². The smallest absolute Gasteiger partial charge is 0.174 e. The largest absolute Gasteiger partial charge is 0.306 e.